The van der Waals surface area contributed by atoms with Crippen molar-refractivity contribution < 1.29 is 4.42 Å². The van der Waals surface area contributed by atoms with Crippen molar-refractivity contribution in [2.45, 2.75) is 0 Å². The van der Waals surface area contributed by atoms with Gasteiger partial charge in [0, 0.05) is 33.4 Å². The molecule has 0 N–H and O–H groups in total. The summed E-state index contributed by atoms with van der Waals surface area (Å²) in [7, 11) is -2.69. The van der Waals surface area contributed by atoms with E-state index in [0.717, 1.165) is 50.1 Å². The number of hydrogen-bond acceptors (Lipinski definition) is 2. The molecule has 10 aromatic carbocycles. The predicted molar refractivity (Wildman–Crippen MR) is 260 cm³/mol. The largest absolute Gasteiger partial charge is 0.455 e. The molecule has 1 heterocycles. The first-order valence-electron chi connectivity index (χ1n) is 20.9. The monoisotopic (exact) mass is 795 g/mol. The average molecular weight is 796 g/mol. The Morgan fingerprint density at radius 1 is 0.311 bits per heavy atom. The molecule has 0 spiro atoms. The van der Waals surface area contributed by atoms with Crippen molar-refractivity contribution >= 4 is 78.6 Å². The lowest BCUT2D eigenvalue weighted by atomic mass is 10.0. The van der Waals surface area contributed by atoms with E-state index in [2.05, 4.69) is 241 Å². The maximum Gasteiger partial charge on any atom is 0.179 e. The van der Waals surface area contributed by atoms with E-state index in [1.807, 2.05) is 12.1 Å². The van der Waals surface area contributed by atoms with Crippen molar-refractivity contribution in [2.75, 3.05) is 4.90 Å². The molecule has 0 saturated heterocycles. The maximum atomic E-state index is 6.45. The molecule has 0 aliphatic carbocycles. The van der Waals surface area contributed by atoms with Gasteiger partial charge < -0.3 is 9.32 Å². The number of fused-ring (bicyclic) bond motifs is 4. The van der Waals surface area contributed by atoms with Crippen molar-refractivity contribution in [3.63, 3.8) is 0 Å². The van der Waals surface area contributed by atoms with Crippen LogP contribution in [-0.4, -0.2) is 8.07 Å². The third-order valence-electron chi connectivity index (χ3n) is 12.2. The van der Waals surface area contributed by atoms with Crippen LogP contribution in [0.25, 0.3) is 55.0 Å². The zero-order valence-electron chi connectivity index (χ0n) is 33.5. The van der Waals surface area contributed by atoms with Crippen LogP contribution in [0.4, 0.5) is 17.1 Å². The van der Waals surface area contributed by atoms with Crippen LogP contribution in [0.15, 0.2) is 253 Å². The molecule has 0 radical (unpaired) electrons. The topological polar surface area (TPSA) is 16.4 Å². The molecule has 0 amide bonds. The van der Waals surface area contributed by atoms with Gasteiger partial charge in [0.05, 0.1) is 0 Å². The van der Waals surface area contributed by atoms with Gasteiger partial charge in [-0.2, -0.15) is 0 Å². The quantitative estimate of drug-likeness (QED) is 0.107. The summed E-state index contributed by atoms with van der Waals surface area (Å²) in [5, 5.41) is 10.2. The van der Waals surface area contributed by atoms with Gasteiger partial charge in [-0.15, -0.1) is 0 Å². The molecule has 0 aliphatic rings. The molecular weight excluding hydrogens is 755 g/mol. The minimum Gasteiger partial charge on any atom is -0.455 e. The van der Waals surface area contributed by atoms with Crippen LogP contribution in [0.5, 0.6) is 0 Å². The number of para-hydroxylation sites is 2. The number of anilines is 3. The fourth-order valence-electron chi connectivity index (χ4n) is 9.31. The van der Waals surface area contributed by atoms with E-state index >= 15 is 0 Å². The summed E-state index contributed by atoms with van der Waals surface area (Å²) in [5.41, 5.74) is 9.65. The SMILES string of the molecule is c1ccc([Si](c2ccccc2)(c2ccccc2)c2ccc(N(c3ccc(-c4ccc5ccccc5c4)cc3)c3ccc(-c4cccc5c4oc4ccccc45)cc3)cc2)cc1. The Morgan fingerprint density at radius 2 is 0.770 bits per heavy atom. The van der Waals surface area contributed by atoms with Gasteiger partial charge >= 0.3 is 0 Å². The second-order valence-electron chi connectivity index (χ2n) is 15.7. The minimum absolute atomic E-state index is 0.905. The summed E-state index contributed by atoms with van der Waals surface area (Å²) in [6.45, 7) is 0. The fraction of sp³-hybridized carbons (Fsp3) is 0. The van der Waals surface area contributed by atoms with E-state index in [1.165, 1.54) is 42.6 Å². The van der Waals surface area contributed by atoms with E-state index in [1.54, 1.807) is 0 Å². The molecule has 0 aliphatic heterocycles. The Kier molecular flexibility index (Phi) is 9.22. The Morgan fingerprint density at radius 3 is 1.38 bits per heavy atom. The normalized spacial score (nSPS) is 11.6. The van der Waals surface area contributed by atoms with Crippen LogP contribution >= 0.6 is 0 Å². The van der Waals surface area contributed by atoms with Crippen molar-refractivity contribution in [3.8, 4) is 22.3 Å². The summed E-state index contributed by atoms with van der Waals surface area (Å²) in [6.07, 6.45) is 0. The highest BCUT2D eigenvalue weighted by Crippen LogP contribution is 2.39. The molecule has 0 bridgehead atoms. The highest BCUT2D eigenvalue weighted by atomic mass is 28.3. The molecule has 0 unspecified atom stereocenters. The van der Waals surface area contributed by atoms with E-state index in [4.69, 9.17) is 4.42 Å². The zero-order valence-corrected chi connectivity index (χ0v) is 34.5. The van der Waals surface area contributed by atoms with Crippen LogP contribution in [0, 0.1) is 0 Å². The summed E-state index contributed by atoms with van der Waals surface area (Å²) in [6, 6.07) is 90.6. The van der Waals surface area contributed by atoms with Crippen molar-refractivity contribution in [3.05, 3.63) is 249 Å². The molecule has 3 heteroatoms. The van der Waals surface area contributed by atoms with Gasteiger partial charge in [0.1, 0.15) is 11.2 Å². The fourth-order valence-corrected chi connectivity index (χ4v) is 14.1. The summed E-state index contributed by atoms with van der Waals surface area (Å²) in [4.78, 5) is 2.37. The first-order chi connectivity index (χ1) is 30.2. The van der Waals surface area contributed by atoms with Crippen LogP contribution in [-0.2, 0) is 0 Å². The molecule has 1 aromatic heterocycles. The smallest absolute Gasteiger partial charge is 0.179 e. The van der Waals surface area contributed by atoms with Gasteiger partial charge in [-0.05, 0) is 96.7 Å². The average Bonchev–Trinajstić information content (AvgIpc) is 3.73. The third-order valence-corrected chi connectivity index (χ3v) is 17.0. The Labute approximate surface area is 357 Å². The number of benzene rings is 10. The second-order valence-corrected chi connectivity index (χ2v) is 19.5. The van der Waals surface area contributed by atoms with Crippen LogP contribution in [0.1, 0.15) is 0 Å². The second kappa shape index (κ2) is 15.5. The zero-order chi connectivity index (χ0) is 40.6. The summed E-state index contributed by atoms with van der Waals surface area (Å²) in [5.74, 6) is 0. The minimum atomic E-state index is -2.69. The molecule has 11 rings (SSSR count). The summed E-state index contributed by atoms with van der Waals surface area (Å²) < 4.78 is 6.45. The highest BCUT2D eigenvalue weighted by molar-refractivity contribution is 7.19. The molecule has 61 heavy (non-hydrogen) atoms. The molecule has 0 atom stereocenters. The van der Waals surface area contributed by atoms with Crippen LogP contribution < -0.4 is 25.6 Å². The van der Waals surface area contributed by atoms with Crippen molar-refractivity contribution in [2.24, 2.45) is 0 Å². The van der Waals surface area contributed by atoms with E-state index in [0.29, 0.717) is 0 Å². The van der Waals surface area contributed by atoms with Gasteiger partial charge in [-0.25, -0.2) is 0 Å². The molecule has 11 aromatic rings. The first-order valence-corrected chi connectivity index (χ1v) is 22.9. The third kappa shape index (κ3) is 6.44. The first kappa shape index (κ1) is 36.4. The van der Waals surface area contributed by atoms with Crippen LogP contribution in [0.2, 0.25) is 0 Å². The highest BCUT2D eigenvalue weighted by Gasteiger charge is 2.41. The van der Waals surface area contributed by atoms with E-state index in [9.17, 15) is 0 Å². The lowest BCUT2D eigenvalue weighted by Crippen LogP contribution is -2.74. The summed E-state index contributed by atoms with van der Waals surface area (Å²) >= 11 is 0. The van der Waals surface area contributed by atoms with Crippen molar-refractivity contribution in [1.82, 2.24) is 0 Å². The molecule has 288 valence electrons. The Balaban J connectivity index is 1.04. The lowest BCUT2D eigenvalue weighted by molar-refractivity contribution is 0.670. The van der Waals surface area contributed by atoms with E-state index in [-0.39, 0.29) is 0 Å². The molecule has 0 fully saturated rings. The van der Waals surface area contributed by atoms with Gasteiger partial charge in [0.2, 0.25) is 0 Å². The van der Waals surface area contributed by atoms with E-state index < -0.39 is 8.07 Å². The number of rotatable bonds is 9. The standard InChI is InChI=1S/C58H41NOSi/c1-4-17-50(18-5-1)61(51-19-6-2-7-20-51,52-21-8-3-9-22-52)53-39-37-49(38-40-53)59(47-33-29-43(30-34-47)46-28-27-42-15-10-11-16-45(42)41-46)48-35-31-44(32-36-48)54-24-14-25-56-55-23-12-13-26-57(55)60-58(54)56/h1-41H. The Bertz CT molecular complexity index is 3170. The van der Waals surface area contributed by atoms with Gasteiger partial charge in [-0.1, -0.05) is 200 Å². The van der Waals surface area contributed by atoms with Gasteiger partial charge in [0.15, 0.2) is 8.07 Å². The Hall–Kier alpha value is -7.72. The van der Waals surface area contributed by atoms with Gasteiger partial charge in [-0.3, -0.25) is 0 Å². The van der Waals surface area contributed by atoms with Crippen LogP contribution in [0.3, 0.4) is 0 Å². The van der Waals surface area contributed by atoms with Gasteiger partial charge in [0.25, 0.3) is 0 Å². The predicted octanol–water partition coefficient (Wildman–Crippen LogP) is 12.9. The molecule has 0 saturated carbocycles. The lowest BCUT2D eigenvalue weighted by Gasteiger charge is -2.35. The number of hydrogen-bond donors (Lipinski definition) is 0. The molecule has 2 nitrogen and oxygen atoms in total. The number of furan rings is 1. The maximum absolute atomic E-state index is 6.45. The number of nitrogens with zero attached hydrogens (tertiary/aromatic N) is 1. The van der Waals surface area contributed by atoms with Crippen molar-refractivity contribution in [1.29, 1.82) is 0 Å². The molecular formula is C58H41NOSi.